The van der Waals surface area contributed by atoms with Gasteiger partial charge in [-0.15, -0.1) is 0 Å². The van der Waals surface area contributed by atoms with E-state index < -0.39 is 0 Å². The Hall–Kier alpha value is -2.89. The Kier molecular flexibility index (Phi) is 5.28. The number of rotatable bonds is 6. The molecule has 2 N–H and O–H groups in total. The first-order chi connectivity index (χ1) is 13.7. The zero-order valence-corrected chi connectivity index (χ0v) is 16.4. The van der Waals surface area contributed by atoms with E-state index in [1.54, 1.807) is 14.2 Å². The molecule has 1 atom stereocenters. The minimum absolute atomic E-state index is 0.0578. The molecule has 6 nitrogen and oxygen atoms in total. The Morgan fingerprint density at radius 3 is 2.61 bits per heavy atom. The molecule has 4 rings (SSSR count). The van der Waals surface area contributed by atoms with Crippen LogP contribution in [0.2, 0.25) is 0 Å². The highest BCUT2D eigenvalue weighted by Crippen LogP contribution is 2.50. The number of guanidine groups is 1. The number of nitrogens with one attached hydrogen (secondary N) is 2. The van der Waals surface area contributed by atoms with Gasteiger partial charge < -0.3 is 24.8 Å². The fraction of sp³-hybridized carbons (Fsp3) is 0.409. The van der Waals surface area contributed by atoms with Gasteiger partial charge in [0.05, 0.1) is 13.7 Å². The van der Waals surface area contributed by atoms with E-state index in [0.29, 0.717) is 13.2 Å². The predicted molar refractivity (Wildman–Crippen MR) is 110 cm³/mol. The molecule has 0 spiro atoms. The van der Waals surface area contributed by atoms with Crippen molar-refractivity contribution in [1.29, 1.82) is 0 Å². The summed E-state index contributed by atoms with van der Waals surface area (Å²) in [6.45, 7) is 1.96. The second-order valence-corrected chi connectivity index (χ2v) is 7.28. The first-order valence-electron chi connectivity index (χ1n) is 9.70. The van der Waals surface area contributed by atoms with E-state index >= 15 is 0 Å². The molecule has 28 heavy (non-hydrogen) atoms. The van der Waals surface area contributed by atoms with Gasteiger partial charge in [0.2, 0.25) is 0 Å². The molecule has 2 aliphatic rings. The minimum Gasteiger partial charge on any atom is -0.496 e. The van der Waals surface area contributed by atoms with Crippen molar-refractivity contribution in [3.8, 4) is 17.2 Å². The first kappa shape index (κ1) is 18.5. The lowest BCUT2D eigenvalue weighted by Crippen LogP contribution is -2.47. The van der Waals surface area contributed by atoms with Gasteiger partial charge in [-0.3, -0.25) is 4.99 Å². The summed E-state index contributed by atoms with van der Waals surface area (Å²) in [5.41, 5.74) is 1.38. The van der Waals surface area contributed by atoms with Crippen LogP contribution in [0.1, 0.15) is 18.4 Å². The molecule has 6 heteroatoms. The Bertz CT molecular complexity index is 848. The van der Waals surface area contributed by atoms with E-state index in [4.69, 9.17) is 14.2 Å². The number of ether oxygens (including phenoxy) is 3. The Balaban J connectivity index is 1.31. The summed E-state index contributed by atoms with van der Waals surface area (Å²) in [4.78, 5) is 4.35. The van der Waals surface area contributed by atoms with E-state index in [0.717, 1.165) is 42.6 Å². The molecule has 1 aliphatic heterocycles. The summed E-state index contributed by atoms with van der Waals surface area (Å²) in [7, 11) is 3.51. The van der Waals surface area contributed by atoms with Crippen molar-refractivity contribution in [1.82, 2.24) is 10.6 Å². The van der Waals surface area contributed by atoms with E-state index in [9.17, 15) is 0 Å². The quantitative estimate of drug-likeness (QED) is 0.595. The molecule has 0 saturated heterocycles. The summed E-state index contributed by atoms with van der Waals surface area (Å²) in [5, 5.41) is 6.82. The SMILES string of the molecule is CN=C(NCC1COc2ccccc2O1)NCC1(c2ccccc2OC)CC1. The average molecular weight is 381 g/mol. The smallest absolute Gasteiger partial charge is 0.191 e. The number of hydrogen-bond donors (Lipinski definition) is 2. The summed E-state index contributed by atoms with van der Waals surface area (Å²) in [5.74, 6) is 3.31. The monoisotopic (exact) mass is 381 g/mol. The van der Waals surface area contributed by atoms with E-state index in [1.807, 2.05) is 36.4 Å². The largest absolute Gasteiger partial charge is 0.496 e. The summed E-state index contributed by atoms with van der Waals surface area (Å²) in [6.07, 6.45) is 2.24. The van der Waals surface area contributed by atoms with Crippen molar-refractivity contribution in [3.63, 3.8) is 0 Å². The lowest BCUT2D eigenvalue weighted by molar-refractivity contribution is 0.0936. The van der Waals surface area contributed by atoms with Gasteiger partial charge in [-0.2, -0.15) is 0 Å². The maximum Gasteiger partial charge on any atom is 0.191 e. The average Bonchev–Trinajstić information content (AvgIpc) is 3.54. The Morgan fingerprint density at radius 2 is 1.86 bits per heavy atom. The van der Waals surface area contributed by atoms with Crippen LogP contribution in [0.15, 0.2) is 53.5 Å². The molecule has 1 fully saturated rings. The van der Waals surface area contributed by atoms with Crippen molar-refractivity contribution in [3.05, 3.63) is 54.1 Å². The maximum atomic E-state index is 6.00. The summed E-state index contributed by atoms with van der Waals surface area (Å²) in [6, 6.07) is 16.0. The third kappa shape index (κ3) is 3.86. The van der Waals surface area contributed by atoms with Crippen LogP contribution in [-0.2, 0) is 5.41 Å². The van der Waals surface area contributed by atoms with E-state index in [-0.39, 0.29) is 11.5 Å². The standard InChI is InChI=1S/C22H27N3O3/c1-23-21(24-13-16-14-27-19-9-5-6-10-20(19)28-16)25-15-22(11-12-22)17-7-3-4-8-18(17)26-2/h3-10,16H,11-15H2,1-2H3,(H2,23,24,25). The van der Waals surface area contributed by atoms with Crippen molar-refractivity contribution in [2.45, 2.75) is 24.4 Å². The topological polar surface area (TPSA) is 64.1 Å². The zero-order valence-electron chi connectivity index (χ0n) is 16.4. The van der Waals surface area contributed by atoms with Gasteiger partial charge in [0.1, 0.15) is 18.5 Å². The molecule has 1 heterocycles. The van der Waals surface area contributed by atoms with Gasteiger partial charge in [-0.25, -0.2) is 0 Å². The van der Waals surface area contributed by atoms with Gasteiger partial charge in [0, 0.05) is 24.6 Å². The van der Waals surface area contributed by atoms with Gasteiger partial charge in [-0.05, 0) is 31.0 Å². The lowest BCUT2D eigenvalue weighted by Gasteiger charge is -2.27. The van der Waals surface area contributed by atoms with Crippen LogP contribution >= 0.6 is 0 Å². The number of benzene rings is 2. The second kappa shape index (κ2) is 8.00. The molecule has 0 aromatic heterocycles. The number of aliphatic imine (C=N–C) groups is 1. The molecule has 1 unspecified atom stereocenters. The number of methoxy groups -OCH3 is 1. The fourth-order valence-electron chi connectivity index (χ4n) is 3.62. The van der Waals surface area contributed by atoms with Crippen LogP contribution in [-0.4, -0.2) is 45.9 Å². The predicted octanol–water partition coefficient (Wildman–Crippen LogP) is 2.73. The van der Waals surface area contributed by atoms with E-state index in [2.05, 4.69) is 27.8 Å². The van der Waals surface area contributed by atoms with Crippen molar-refractivity contribution in [2.75, 3.05) is 33.9 Å². The van der Waals surface area contributed by atoms with Crippen LogP contribution < -0.4 is 24.8 Å². The van der Waals surface area contributed by atoms with Crippen molar-refractivity contribution in [2.24, 2.45) is 4.99 Å². The molecule has 0 radical (unpaired) electrons. The highest BCUT2D eigenvalue weighted by atomic mass is 16.6. The molecular weight excluding hydrogens is 354 g/mol. The van der Waals surface area contributed by atoms with Crippen LogP contribution in [0.3, 0.4) is 0 Å². The number of para-hydroxylation sites is 3. The van der Waals surface area contributed by atoms with Gasteiger partial charge >= 0.3 is 0 Å². The number of hydrogen-bond acceptors (Lipinski definition) is 4. The Morgan fingerprint density at radius 1 is 1.11 bits per heavy atom. The molecular formula is C22H27N3O3. The molecule has 1 saturated carbocycles. The van der Waals surface area contributed by atoms with Crippen molar-refractivity contribution < 1.29 is 14.2 Å². The lowest BCUT2D eigenvalue weighted by atomic mass is 9.95. The molecule has 148 valence electrons. The number of nitrogens with zero attached hydrogens (tertiary/aromatic N) is 1. The molecule has 2 aromatic carbocycles. The molecule has 0 amide bonds. The minimum atomic E-state index is -0.0578. The highest BCUT2D eigenvalue weighted by molar-refractivity contribution is 5.80. The Labute approximate surface area is 165 Å². The number of fused-ring (bicyclic) bond motifs is 1. The fourth-order valence-corrected chi connectivity index (χ4v) is 3.62. The highest BCUT2D eigenvalue weighted by Gasteiger charge is 2.46. The third-order valence-corrected chi connectivity index (χ3v) is 5.41. The second-order valence-electron chi connectivity index (χ2n) is 7.28. The van der Waals surface area contributed by atoms with E-state index in [1.165, 1.54) is 5.56 Å². The molecule has 2 aromatic rings. The van der Waals surface area contributed by atoms with Crippen LogP contribution in [0.25, 0.3) is 0 Å². The molecule has 0 bridgehead atoms. The summed E-state index contributed by atoms with van der Waals surface area (Å²) < 4.78 is 17.3. The van der Waals surface area contributed by atoms with Gasteiger partial charge in [0.15, 0.2) is 17.5 Å². The van der Waals surface area contributed by atoms with Crippen molar-refractivity contribution >= 4 is 5.96 Å². The summed E-state index contributed by atoms with van der Waals surface area (Å²) >= 11 is 0. The van der Waals surface area contributed by atoms with Crippen LogP contribution in [0.5, 0.6) is 17.2 Å². The zero-order chi connectivity index (χ0) is 19.4. The maximum absolute atomic E-state index is 6.00. The third-order valence-electron chi connectivity index (χ3n) is 5.41. The molecule has 1 aliphatic carbocycles. The van der Waals surface area contributed by atoms with Crippen LogP contribution in [0.4, 0.5) is 0 Å². The van der Waals surface area contributed by atoms with Gasteiger partial charge in [0.25, 0.3) is 0 Å². The first-order valence-corrected chi connectivity index (χ1v) is 9.70. The van der Waals surface area contributed by atoms with Crippen LogP contribution in [0, 0.1) is 0 Å². The normalized spacial score (nSPS) is 19.6. The van der Waals surface area contributed by atoms with Gasteiger partial charge in [-0.1, -0.05) is 30.3 Å².